The predicted molar refractivity (Wildman–Crippen MR) is 87.0 cm³/mol. The highest BCUT2D eigenvalue weighted by atomic mass is 35.5. The van der Waals surface area contributed by atoms with Gasteiger partial charge < -0.3 is 5.32 Å². The maximum Gasteiger partial charge on any atom is 0.0777 e. The molecule has 0 radical (unpaired) electrons. The second-order valence-corrected chi connectivity index (χ2v) is 5.93. The van der Waals surface area contributed by atoms with Crippen LogP contribution >= 0.6 is 23.2 Å². The van der Waals surface area contributed by atoms with E-state index < -0.39 is 0 Å². The molecule has 1 aliphatic heterocycles. The summed E-state index contributed by atoms with van der Waals surface area (Å²) in [6.07, 6.45) is 1.84. The number of benzene rings is 1. The third-order valence-electron chi connectivity index (χ3n) is 3.74. The summed E-state index contributed by atoms with van der Waals surface area (Å²) in [6.45, 7) is 3.96. The topological polar surface area (TPSA) is 28.2 Å². The lowest BCUT2D eigenvalue weighted by Gasteiger charge is -2.35. The minimum Gasteiger partial charge on any atom is -0.314 e. The molecule has 3 rings (SSSR count). The zero-order valence-electron chi connectivity index (χ0n) is 11.6. The Bertz CT molecular complexity index is 598. The van der Waals surface area contributed by atoms with Gasteiger partial charge in [0.25, 0.3) is 0 Å². The Morgan fingerprint density at radius 3 is 2.52 bits per heavy atom. The lowest BCUT2D eigenvalue weighted by molar-refractivity contribution is 0.195. The van der Waals surface area contributed by atoms with Gasteiger partial charge in [-0.3, -0.25) is 9.88 Å². The minimum absolute atomic E-state index is 0.114. The summed E-state index contributed by atoms with van der Waals surface area (Å²) in [6, 6.07) is 12.0. The minimum atomic E-state index is 0.114. The first-order valence-corrected chi connectivity index (χ1v) is 7.82. The Morgan fingerprint density at radius 1 is 1.05 bits per heavy atom. The molecule has 1 fully saturated rings. The van der Waals surface area contributed by atoms with Gasteiger partial charge in [-0.05, 0) is 29.8 Å². The highest BCUT2D eigenvalue weighted by molar-refractivity contribution is 6.42. The molecule has 0 spiro atoms. The van der Waals surface area contributed by atoms with Gasteiger partial charge in [0.1, 0.15) is 0 Å². The van der Waals surface area contributed by atoms with Gasteiger partial charge in [0.05, 0.1) is 21.8 Å². The number of hydrogen-bond donors (Lipinski definition) is 1. The van der Waals surface area contributed by atoms with E-state index in [2.05, 4.69) is 21.3 Å². The van der Waals surface area contributed by atoms with E-state index in [1.54, 1.807) is 0 Å². The Kier molecular flexibility index (Phi) is 4.76. The van der Waals surface area contributed by atoms with Crippen LogP contribution in [-0.2, 0) is 0 Å². The highest BCUT2D eigenvalue weighted by Crippen LogP contribution is 2.32. The summed E-state index contributed by atoms with van der Waals surface area (Å²) < 4.78 is 0. The average Bonchev–Trinajstić information content (AvgIpc) is 2.53. The van der Waals surface area contributed by atoms with Gasteiger partial charge >= 0.3 is 0 Å². The first-order valence-electron chi connectivity index (χ1n) is 7.06. The number of nitrogens with one attached hydrogen (secondary N) is 1. The van der Waals surface area contributed by atoms with Crippen molar-refractivity contribution in [3.8, 4) is 0 Å². The predicted octanol–water partition coefficient (Wildman–Crippen LogP) is 3.38. The molecule has 5 heteroatoms. The van der Waals surface area contributed by atoms with Crippen molar-refractivity contribution in [3.63, 3.8) is 0 Å². The molecule has 1 aliphatic rings. The number of aromatic nitrogens is 1. The molecular weight excluding hydrogens is 305 g/mol. The fourth-order valence-corrected chi connectivity index (χ4v) is 3.04. The Labute approximate surface area is 134 Å². The van der Waals surface area contributed by atoms with Crippen LogP contribution in [0.3, 0.4) is 0 Å². The van der Waals surface area contributed by atoms with E-state index in [1.165, 1.54) is 0 Å². The first kappa shape index (κ1) is 14.8. The Morgan fingerprint density at radius 2 is 1.86 bits per heavy atom. The molecule has 0 aliphatic carbocycles. The molecule has 1 aromatic heterocycles. The number of pyridine rings is 1. The van der Waals surface area contributed by atoms with E-state index in [-0.39, 0.29) is 6.04 Å². The van der Waals surface area contributed by atoms with Crippen LogP contribution < -0.4 is 5.32 Å². The number of piperazine rings is 1. The molecule has 1 unspecified atom stereocenters. The van der Waals surface area contributed by atoms with Gasteiger partial charge in [-0.1, -0.05) is 35.3 Å². The molecule has 0 amide bonds. The maximum absolute atomic E-state index is 6.20. The lowest BCUT2D eigenvalue weighted by Crippen LogP contribution is -2.45. The number of rotatable bonds is 3. The van der Waals surface area contributed by atoms with Gasteiger partial charge in [-0.25, -0.2) is 0 Å². The smallest absolute Gasteiger partial charge is 0.0777 e. The first-order chi connectivity index (χ1) is 10.3. The number of halogens is 2. The van der Waals surface area contributed by atoms with Crippen molar-refractivity contribution in [2.75, 3.05) is 26.2 Å². The summed E-state index contributed by atoms with van der Waals surface area (Å²) in [5.41, 5.74) is 2.17. The molecule has 0 saturated carbocycles. The van der Waals surface area contributed by atoms with Crippen LogP contribution in [-0.4, -0.2) is 36.1 Å². The fourth-order valence-electron chi connectivity index (χ4n) is 2.73. The molecule has 1 atom stereocenters. The third-order valence-corrected chi connectivity index (χ3v) is 4.48. The van der Waals surface area contributed by atoms with Crippen molar-refractivity contribution in [2.24, 2.45) is 0 Å². The van der Waals surface area contributed by atoms with Crippen LogP contribution in [0.1, 0.15) is 17.3 Å². The van der Waals surface area contributed by atoms with E-state index >= 15 is 0 Å². The van der Waals surface area contributed by atoms with Gasteiger partial charge in [-0.15, -0.1) is 0 Å². The van der Waals surface area contributed by atoms with Gasteiger partial charge in [0.15, 0.2) is 0 Å². The van der Waals surface area contributed by atoms with Crippen LogP contribution in [0.4, 0.5) is 0 Å². The second kappa shape index (κ2) is 6.75. The van der Waals surface area contributed by atoms with Gasteiger partial charge in [0, 0.05) is 32.4 Å². The number of nitrogens with zero attached hydrogens (tertiary/aromatic N) is 2. The van der Waals surface area contributed by atoms with Crippen molar-refractivity contribution in [1.29, 1.82) is 0 Å². The molecule has 110 valence electrons. The van der Waals surface area contributed by atoms with Crippen LogP contribution in [0.2, 0.25) is 10.0 Å². The molecule has 3 nitrogen and oxygen atoms in total. The summed E-state index contributed by atoms with van der Waals surface area (Å²) in [5.74, 6) is 0. The van der Waals surface area contributed by atoms with Crippen molar-refractivity contribution in [2.45, 2.75) is 6.04 Å². The quantitative estimate of drug-likeness (QED) is 0.939. The van der Waals surface area contributed by atoms with Crippen molar-refractivity contribution in [3.05, 3.63) is 63.9 Å². The van der Waals surface area contributed by atoms with Crippen molar-refractivity contribution >= 4 is 23.2 Å². The summed E-state index contributed by atoms with van der Waals surface area (Å²) in [7, 11) is 0. The number of hydrogen-bond acceptors (Lipinski definition) is 3. The Hall–Kier alpha value is -1.13. The van der Waals surface area contributed by atoms with Crippen LogP contribution in [0.5, 0.6) is 0 Å². The SMILES string of the molecule is Clc1ccc(C(c2ccccn2)N2CCNCC2)cc1Cl. The average molecular weight is 322 g/mol. The summed E-state index contributed by atoms with van der Waals surface area (Å²) >= 11 is 12.2. The van der Waals surface area contributed by atoms with Gasteiger partial charge in [0.2, 0.25) is 0 Å². The zero-order valence-corrected chi connectivity index (χ0v) is 13.1. The molecule has 21 heavy (non-hydrogen) atoms. The largest absolute Gasteiger partial charge is 0.314 e. The normalized spacial score (nSPS) is 17.6. The van der Waals surface area contributed by atoms with E-state index in [0.717, 1.165) is 37.4 Å². The van der Waals surface area contributed by atoms with Gasteiger partial charge in [-0.2, -0.15) is 0 Å². The molecule has 1 saturated heterocycles. The Balaban J connectivity index is 2.00. The van der Waals surface area contributed by atoms with Crippen molar-refractivity contribution < 1.29 is 0 Å². The molecule has 1 aromatic carbocycles. The summed E-state index contributed by atoms with van der Waals surface area (Å²) in [5, 5.41) is 4.56. The fraction of sp³-hybridized carbons (Fsp3) is 0.312. The van der Waals surface area contributed by atoms with Crippen LogP contribution in [0, 0.1) is 0 Å². The second-order valence-electron chi connectivity index (χ2n) is 5.12. The van der Waals surface area contributed by atoms with E-state index in [9.17, 15) is 0 Å². The third kappa shape index (κ3) is 3.38. The molecule has 2 heterocycles. The summed E-state index contributed by atoms with van der Waals surface area (Å²) in [4.78, 5) is 6.97. The van der Waals surface area contributed by atoms with E-state index in [0.29, 0.717) is 10.0 Å². The van der Waals surface area contributed by atoms with Crippen LogP contribution in [0.15, 0.2) is 42.6 Å². The monoisotopic (exact) mass is 321 g/mol. The molecule has 0 bridgehead atoms. The van der Waals surface area contributed by atoms with Crippen molar-refractivity contribution in [1.82, 2.24) is 15.2 Å². The standard InChI is InChI=1S/C16H17Cl2N3/c17-13-5-4-12(11-14(13)18)16(15-3-1-2-6-20-15)21-9-7-19-8-10-21/h1-6,11,16,19H,7-10H2. The molecule has 1 N–H and O–H groups in total. The maximum atomic E-state index is 6.20. The van der Waals surface area contributed by atoms with E-state index in [4.69, 9.17) is 23.2 Å². The molecule has 2 aromatic rings. The zero-order chi connectivity index (χ0) is 14.7. The van der Waals surface area contributed by atoms with E-state index in [1.807, 2.05) is 36.5 Å². The van der Waals surface area contributed by atoms with Crippen LogP contribution in [0.25, 0.3) is 0 Å². The highest BCUT2D eigenvalue weighted by Gasteiger charge is 2.25. The lowest BCUT2D eigenvalue weighted by atomic mass is 10.0. The molecular formula is C16H17Cl2N3.